The first kappa shape index (κ1) is 16.1. The molecule has 0 fully saturated rings. The second-order valence-electron chi connectivity index (χ2n) is 5.18. The van der Waals surface area contributed by atoms with E-state index in [2.05, 4.69) is 31.0 Å². The molecule has 0 spiro atoms. The van der Waals surface area contributed by atoms with Gasteiger partial charge in [-0.1, -0.05) is 19.1 Å². The van der Waals surface area contributed by atoms with Crippen LogP contribution in [0.1, 0.15) is 38.8 Å². The van der Waals surface area contributed by atoms with E-state index in [1.165, 1.54) is 0 Å². The molecule has 1 unspecified atom stereocenters. The van der Waals surface area contributed by atoms with Crippen LogP contribution in [0.5, 0.6) is 0 Å². The first-order valence-corrected chi connectivity index (χ1v) is 6.84. The third-order valence-corrected chi connectivity index (χ3v) is 3.35. The van der Waals surface area contributed by atoms with E-state index in [9.17, 15) is 8.78 Å². The Hall–Kier alpha value is -1.00. The predicted octanol–water partition coefficient (Wildman–Crippen LogP) is 3.35. The molecule has 0 heterocycles. The van der Waals surface area contributed by atoms with Crippen LogP contribution in [0.15, 0.2) is 18.2 Å². The van der Waals surface area contributed by atoms with Gasteiger partial charge in [0.25, 0.3) is 0 Å². The lowest BCUT2D eigenvalue weighted by molar-refractivity contribution is 0.239. The summed E-state index contributed by atoms with van der Waals surface area (Å²) in [7, 11) is 1.99. The van der Waals surface area contributed by atoms with Gasteiger partial charge < -0.3 is 10.2 Å². The summed E-state index contributed by atoms with van der Waals surface area (Å²) in [5.74, 6) is -1.53. The Bertz CT molecular complexity index is 394. The van der Waals surface area contributed by atoms with E-state index in [0.29, 0.717) is 18.2 Å². The van der Waals surface area contributed by atoms with Gasteiger partial charge in [0, 0.05) is 24.2 Å². The van der Waals surface area contributed by atoms with E-state index in [-0.39, 0.29) is 6.04 Å². The number of rotatable bonds is 7. The zero-order chi connectivity index (χ0) is 14.4. The fourth-order valence-corrected chi connectivity index (χ4v) is 1.88. The molecule has 0 aromatic heterocycles. The first-order valence-electron chi connectivity index (χ1n) is 6.84. The number of halogens is 2. The molecular formula is C15H24F2N2. The minimum atomic E-state index is -0.784. The molecule has 0 bridgehead atoms. The lowest BCUT2D eigenvalue weighted by Gasteiger charge is -2.28. The number of likely N-dealkylation sites (N-methyl/N-ethyl adjacent to an activating group) is 1. The topological polar surface area (TPSA) is 15.3 Å². The molecule has 1 aromatic rings. The van der Waals surface area contributed by atoms with E-state index < -0.39 is 11.6 Å². The van der Waals surface area contributed by atoms with Crippen molar-refractivity contribution >= 4 is 0 Å². The predicted molar refractivity (Wildman–Crippen MR) is 75.2 cm³/mol. The van der Waals surface area contributed by atoms with Crippen LogP contribution >= 0.6 is 0 Å². The van der Waals surface area contributed by atoms with Crippen LogP contribution in [0.25, 0.3) is 0 Å². The average Bonchev–Trinajstić information content (AvgIpc) is 2.37. The van der Waals surface area contributed by atoms with Crippen LogP contribution in [-0.2, 0) is 0 Å². The first-order chi connectivity index (χ1) is 8.97. The minimum absolute atomic E-state index is 0.192. The molecule has 1 atom stereocenters. The summed E-state index contributed by atoms with van der Waals surface area (Å²) in [5, 5.41) is 3.29. The molecule has 19 heavy (non-hydrogen) atoms. The number of benzene rings is 1. The van der Waals surface area contributed by atoms with Crippen LogP contribution in [0.4, 0.5) is 8.78 Å². The molecule has 0 saturated carbocycles. The van der Waals surface area contributed by atoms with Gasteiger partial charge in [0.2, 0.25) is 0 Å². The summed E-state index contributed by atoms with van der Waals surface area (Å²) in [6.07, 6.45) is 0.957. The molecule has 1 N–H and O–H groups in total. The SMILES string of the molecule is CCCNC(CN(C)C(C)C)c1cccc(F)c1F. The van der Waals surface area contributed by atoms with Crippen LogP contribution in [0, 0.1) is 11.6 Å². The molecule has 108 valence electrons. The molecule has 0 aliphatic heterocycles. The average molecular weight is 270 g/mol. The van der Waals surface area contributed by atoms with Crippen molar-refractivity contribution in [2.24, 2.45) is 0 Å². The summed E-state index contributed by atoms with van der Waals surface area (Å²) >= 11 is 0. The molecule has 2 nitrogen and oxygen atoms in total. The summed E-state index contributed by atoms with van der Waals surface area (Å²) in [6.45, 7) is 7.65. The number of hydrogen-bond acceptors (Lipinski definition) is 2. The summed E-state index contributed by atoms with van der Waals surface area (Å²) in [6, 6.07) is 4.54. The Morgan fingerprint density at radius 2 is 1.95 bits per heavy atom. The lowest BCUT2D eigenvalue weighted by atomic mass is 10.0. The second kappa shape index (κ2) is 7.56. The summed E-state index contributed by atoms with van der Waals surface area (Å²) in [4.78, 5) is 2.12. The monoisotopic (exact) mass is 270 g/mol. The van der Waals surface area contributed by atoms with Gasteiger partial charge in [-0.05, 0) is 39.9 Å². The van der Waals surface area contributed by atoms with E-state index in [0.717, 1.165) is 19.0 Å². The Kier molecular flexibility index (Phi) is 6.38. The van der Waals surface area contributed by atoms with Gasteiger partial charge in [-0.3, -0.25) is 0 Å². The quantitative estimate of drug-likeness (QED) is 0.817. The molecule has 4 heteroatoms. The van der Waals surface area contributed by atoms with E-state index in [1.54, 1.807) is 12.1 Å². The maximum absolute atomic E-state index is 13.9. The van der Waals surface area contributed by atoms with Crippen molar-refractivity contribution in [3.05, 3.63) is 35.4 Å². The molecule has 0 aliphatic carbocycles. The summed E-state index contributed by atoms with van der Waals surface area (Å²) in [5.41, 5.74) is 0.404. The lowest BCUT2D eigenvalue weighted by Crippen LogP contribution is -2.37. The highest BCUT2D eigenvalue weighted by Crippen LogP contribution is 2.20. The molecule has 0 amide bonds. The number of nitrogens with zero attached hydrogens (tertiary/aromatic N) is 1. The van der Waals surface area contributed by atoms with Crippen molar-refractivity contribution in [2.45, 2.75) is 39.3 Å². The van der Waals surface area contributed by atoms with Gasteiger partial charge in [-0.15, -0.1) is 0 Å². The standard InChI is InChI=1S/C15H24F2N2/c1-5-9-18-14(10-19(4)11(2)3)12-7-6-8-13(16)15(12)17/h6-8,11,14,18H,5,9-10H2,1-4H3. The Morgan fingerprint density at radius 3 is 2.53 bits per heavy atom. The van der Waals surface area contributed by atoms with Crippen LogP contribution < -0.4 is 5.32 Å². The molecule has 0 radical (unpaired) electrons. The van der Waals surface area contributed by atoms with E-state index >= 15 is 0 Å². The Balaban J connectivity index is 2.92. The Morgan fingerprint density at radius 1 is 1.26 bits per heavy atom. The third-order valence-electron chi connectivity index (χ3n) is 3.35. The fraction of sp³-hybridized carbons (Fsp3) is 0.600. The number of hydrogen-bond donors (Lipinski definition) is 1. The minimum Gasteiger partial charge on any atom is -0.309 e. The van der Waals surface area contributed by atoms with E-state index in [4.69, 9.17) is 0 Å². The molecule has 0 saturated heterocycles. The fourth-order valence-electron chi connectivity index (χ4n) is 1.88. The highest BCUT2D eigenvalue weighted by atomic mass is 19.2. The number of nitrogens with one attached hydrogen (secondary N) is 1. The van der Waals surface area contributed by atoms with Crippen LogP contribution in [0.2, 0.25) is 0 Å². The normalized spacial score (nSPS) is 13.3. The van der Waals surface area contributed by atoms with Gasteiger partial charge in [0.1, 0.15) is 0 Å². The van der Waals surface area contributed by atoms with Gasteiger partial charge in [-0.25, -0.2) is 8.78 Å². The highest BCUT2D eigenvalue weighted by Gasteiger charge is 2.20. The maximum Gasteiger partial charge on any atom is 0.163 e. The van der Waals surface area contributed by atoms with Gasteiger partial charge in [0.15, 0.2) is 11.6 Å². The van der Waals surface area contributed by atoms with Crippen molar-refractivity contribution in [3.8, 4) is 0 Å². The van der Waals surface area contributed by atoms with Crippen molar-refractivity contribution in [1.82, 2.24) is 10.2 Å². The van der Waals surface area contributed by atoms with Gasteiger partial charge in [-0.2, -0.15) is 0 Å². The largest absolute Gasteiger partial charge is 0.309 e. The van der Waals surface area contributed by atoms with Crippen LogP contribution in [-0.4, -0.2) is 31.1 Å². The maximum atomic E-state index is 13.9. The van der Waals surface area contributed by atoms with Crippen molar-refractivity contribution in [1.29, 1.82) is 0 Å². The van der Waals surface area contributed by atoms with Gasteiger partial charge >= 0.3 is 0 Å². The van der Waals surface area contributed by atoms with E-state index in [1.807, 2.05) is 7.05 Å². The van der Waals surface area contributed by atoms with Gasteiger partial charge in [0.05, 0.1) is 0 Å². The molecule has 0 aliphatic rings. The van der Waals surface area contributed by atoms with Crippen molar-refractivity contribution < 1.29 is 8.78 Å². The summed E-state index contributed by atoms with van der Waals surface area (Å²) < 4.78 is 27.2. The second-order valence-corrected chi connectivity index (χ2v) is 5.18. The van der Waals surface area contributed by atoms with Crippen molar-refractivity contribution in [2.75, 3.05) is 20.1 Å². The smallest absolute Gasteiger partial charge is 0.163 e. The molecule has 1 aromatic carbocycles. The highest BCUT2D eigenvalue weighted by molar-refractivity contribution is 5.23. The molecule has 1 rings (SSSR count). The van der Waals surface area contributed by atoms with Crippen LogP contribution in [0.3, 0.4) is 0 Å². The van der Waals surface area contributed by atoms with Crippen molar-refractivity contribution in [3.63, 3.8) is 0 Å². The third kappa shape index (κ3) is 4.55. The molecular weight excluding hydrogens is 246 g/mol. The zero-order valence-corrected chi connectivity index (χ0v) is 12.2. The Labute approximate surface area is 114 Å². The zero-order valence-electron chi connectivity index (χ0n) is 12.2.